The van der Waals surface area contributed by atoms with Crippen molar-refractivity contribution in [3.05, 3.63) is 12.4 Å². The molecule has 1 fully saturated rings. The second kappa shape index (κ2) is 4.25. The third-order valence-electron chi connectivity index (χ3n) is 3.03. The minimum absolute atomic E-state index is 0.135. The van der Waals surface area contributed by atoms with Gasteiger partial charge in [0.05, 0.1) is 12.4 Å². The van der Waals surface area contributed by atoms with E-state index < -0.39 is 0 Å². The molecule has 1 aliphatic rings. The zero-order valence-corrected chi connectivity index (χ0v) is 9.36. The molecule has 1 saturated carbocycles. The van der Waals surface area contributed by atoms with Crippen LogP contribution in [0.1, 0.15) is 25.7 Å². The van der Waals surface area contributed by atoms with Crippen LogP contribution in [0.5, 0.6) is 5.88 Å². The number of hydrogen-bond donors (Lipinski definition) is 1. The van der Waals surface area contributed by atoms with Crippen molar-refractivity contribution >= 4 is 5.65 Å². The van der Waals surface area contributed by atoms with Crippen molar-refractivity contribution in [1.29, 1.82) is 0 Å². The lowest BCUT2D eigenvalue weighted by Crippen LogP contribution is -2.34. The molecule has 0 saturated heterocycles. The van der Waals surface area contributed by atoms with E-state index >= 15 is 0 Å². The summed E-state index contributed by atoms with van der Waals surface area (Å²) in [4.78, 5) is 4.05. The fourth-order valence-electron chi connectivity index (χ4n) is 2.19. The third kappa shape index (κ3) is 2.05. The number of hydrogen-bond acceptors (Lipinski definition) is 6. The number of nitrogens with zero attached hydrogens (tertiary/aromatic N) is 5. The zero-order chi connectivity index (χ0) is 11.7. The van der Waals surface area contributed by atoms with Crippen LogP contribution in [0.25, 0.3) is 5.65 Å². The molecule has 2 unspecified atom stereocenters. The summed E-state index contributed by atoms with van der Waals surface area (Å²) in [6.45, 7) is 0. The molecule has 2 heterocycles. The lowest BCUT2D eigenvalue weighted by Gasteiger charge is -2.26. The van der Waals surface area contributed by atoms with Crippen LogP contribution in [-0.2, 0) is 0 Å². The van der Waals surface area contributed by atoms with Crippen LogP contribution >= 0.6 is 0 Å². The summed E-state index contributed by atoms with van der Waals surface area (Å²) in [5.74, 6) is 0.576. The molecule has 2 atom stereocenters. The molecule has 2 aromatic heterocycles. The molecule has 3 rings (SSSR count). The Morgan fingerprint density at radius 3 is 3.18 bits per heavy atom. The van der Waals surface area contributed by atoms with E-state index in [1.807, 2.05) is 0 Å². The molecule has 0 spiro atoms. The second-order valence-electron chi connectivity index (χ2n) is 4.36. The number of fused-ring (bicyclic) bond motifs is 1. The first-order valence-corrected chi connectivity index (χ1v) is 5.77. The van der Waals surface area contributed by atoms with Crippen molar-refractivity contribution in [2.45, 2.75) is 37.8 Å². The minimum atomic E-state index is 0.135. The van der Waals surface area contributed by atoms with Crippen molar-refractivity contribution in [3.8, 4) is 5.88 Å². The Hall–Kier alpha value is -1.76. The summed E-state index contributed by atoms with van der Waals surface area (Å²) in [7, 11) is 0. The molecule has 7 heteroatoms. The maximum absolute atomic E-state index is 5.93. The Balaban J connectivity index is 1.82. The Kier molecular flexibility index (Phi) is 2.60. The summed E-state index contributed by atoms with van der Waals surface area (Å²) < 4.78 is 7.42. The summed E-state index contributed by atoms with van der Waals surface area (Å²) in [5, 5.41) is 11.3. The number of nitrogens with two attached hydrogens (primary N) is 1. The molecule has 0 radical (unpaired) electrons. The quantitative estimate of drug-likeness (QED) is 0.796. The lowest BCUT2D eigenvalue weighted by molar-refractivity contribution is 0.134. The molecule has 0 aromatic carbocycles. The monoisotopic (exact) mass is 234 g/mol. The van der Waals surface area contributed by atoms with Crippen LogP contribution in [0.2, 0.25) is 0 Å². The van der Waals surface area contributed by atoms with Crippen molar-refractivity contribution in [1.82, 2.24) is 25.0 Å². The summed E-state index contributed by atoms with van der Waals surface area (Å²) in [6.07, 6.45) is 7.43. The summed E-state index contributed by atoms with van der Waals surface area (Å²) in [6, 6.07) is 0.231. The number of tetrazole rings is 1. The largest absolute Gasteiger partial charge is 0.473 e. The van der Waals surface area contributed by atoms with Gasteiger partial charge >= 0.3 is 0 Å². The predicted molar refractivity (Wildman–Crippen MR) is 59.4 cm³/mol. The first-order valence-electron chi connectivity index (χ1n) is 5.77. The van der Waals surface area contributed by atoms with Gasteiger partial charge in [0, 0.05) is 6.04 Å². The topological polar surface area (TPSA) is 91.2 Å². The van der Waals surface area contributed by atoms with E-state index in [1.165, 1.54) is 0 Å². The maximum Gasteiger partial charge on any atom is 0.237 e. The third-order valence-corrected chi connectivity index (χ3v) is 3.03. The molecule has 2 N–H and O–H groups in total. The van der Waals surface area contributed by atoms with Crippen LogP contribution in [0.15, 0.2) is 12.4 Å². The molecule has 2 aromatic rings. The van der Waals surface area contributed by atoms with E-state index in [2.05, 4.69) is 20.5 Å². The Morgan fingerprint density at radius 2 is 2.29 bits per heavy atom. The van der Waals surface area contributed by atoms with E-state index in [-0.39, 0.29) is 12.1 Å². The Bertz CT molecular complexity index is 512. The van der Waals surface area contributed by atoms with Crippen molar-refractivity contribution in [2.24, 2.45) is 5.73 Å². The van der Waals surface area contributed by atoms with Gasteiger partial charge in [-0.3, -0.25) is 4.98 Å². The minimum Gasteiger partial charge on any atom is -0.473 e. The van der Waals surface area contributed by atoms with E-state index in [0.717, 1.165) is 25.7 Å². The molecule has 17 heavy (non-hydrogen) atoms. The standard InChI is InChI=1S/C10H14N6O/c11-7-2-1-3-8(4-7)17-10-6-12-5-9-13-14-15-16(9)10/h5-8H,1-4,11H2. The van der Waals surface area contributed by atoms with E-state index in [4.69, 9.17) is 10.5 Å². The molecular weight excluding hydrogens is 220 g/mol. The summed E-state index contributed by atoms with van der Waals surface area (Å²) >= 11 is 0. The van der Waals surface area contributed by atoms with Gasteiger partial charge in [0.1, 0.15) is 6.10 Å². The molecule has 1 aliphatic carbocycles. The average Bonchev–Trinajstić information content (AvgIpc) is 2.78. The first-order chi connectivity index (χ1) is 8.33. The van der Waals surface area contributed by atoms with Crippen LogP contribution in [0.4, 0.5) is 0 Å². The van der Waals surface area contributed by atoms with Gasteiger partial charge in [-0.15, -0.1) is 5.10 Å². The van der Waals surface area contributed by atoms with Crippen LogP contribution in [-0.4, -0.2) is 37.2 Å². The number of rotatable bonds is 2. The van der Waals surface area contributed by atoms with Crippen molar-refractivity contribution in [2.75, 3.05) is 0 Å². The fraction of sp³-hybridized carbons (Fsp3) is 0.600. The summed E-state index contributed by atoms with van der Waals surface area (Å²) in [5.41, 5.74) is 6.51. The van der Waals surface area contributed by atoms with Crippen molar-refractivity contribution in [3.63, 3.8) is 0 Å². The van der Waals surface area contributed by atoms with E-state index in [0.29, 0.717) is 11.5 Å². The van der Waals surface area contributed by atoms with Gasteiger partial charge in [-0.2, -0.15) is 4.52 Å². The zero-order valence-electron chi connectivity index (χ0n) is 9.36. The smallest absolute Gasteiger partial charge is 0.237 e. The average molecular weight is 234 g/mol. The van der Waals surface area contributed by atoms with Crippen LogP contribution in [0.3, 0.4) is 0 Å². The van der Waals surface area contributed by atoms with Gasteiger partial charge in [-0.1, -0.05) is 0 Å². The van der Waals surface area contributed by atoms with Crippen molar-refractivity contribution < 1.29 is 4.74 Å². The van der Waals surface area contributed by atoms with E-state index in [9.17, 15) is 0 Å². The first kappa shape index (κ1) is 10.4. The van der Waals surface area contributed by atoms with Crippen LogP contribution < -0.4 is 10.5 Å². The molecule has 0 aliphatic heterocycles. The van der Waals surface area contributed by atoms with E-state index in [1.54, 1.807) is 16.9 Å². The van der Waals surface area contributed by atoms with Gasteiger partial charge in [0.15, 0.2) is 0 Å². The maximum atomic E-state index is 5.93. The van der Waals surface area contributed by atoms with Gasteiger partial charge in [-0.25, -0.2) is 0 Å². The second-order valence-corrected chi connectivity index (χ2v) is 4.36. The molecule has 90 valence electrons. The highest BCUT2D eigenvalue weighted by Gasteiger charge is 2.21. The number of aromatic nitrogens is 5. The van der Waals surface area contributed by atoms with Gasteiger partial charge < -0.3 is 10.5 Å². The molecular formula is C10H14N6O. The highest BCUT2D eigenvalue weighted by Crippen LogP contribution is 2.22. The van der Waals surface area contributed by atoms with Crippen LogP contribution in [0, 0.1) is 0 Å². The lowest BCUT2D eigenvalue weighted by atomic mass is 9.94. The highest BCUT2D eigenvalue weighted by molar-refractivity contribution is 5.34. The molecule has 0 bridgehead atoms. The van der Waals surface area contributed by atoms with Gasteiger partial charge in [0.2, 0.25) is 11.5 Å². The molecule has 0 amide bonds. The predicted octanol–water partition coefficient (Wildman–Crippen LogP) is 0.168. The molecule has 7 nitrogen and oxygen atoms in total. The SMILES string of the molecule is NC1CCCC(Oc2cncc3nnnn23)C1. The highest BCUT2D eigenvalue weighted by atomic mass is 16.5. The number of ether oxygens (including phenoxy) is 1. The van der Waals surface area contributed by atoms with Gasteiger partial charge in [0.25, 0.3) is 0 Å². The normalized spacial score (nSPS) is 25.0. The van der Waals surface area contributed by atoms with Gasteiger partial charge in [-0.05, 0) is 36.1 Å². The Morgan fingerprint density at radius 1 is 1.35 bits per heavy atom. The fourth-order valence-corrected chi connectivity index (χ4v) is 2.19. The Labute approximate surface area is 98.0 Å².